The summed E-state index contributed by atoms with van der Waals surface area (Å²) in [5.74, 6) is 1.26. The Bertz CT molecular complexity index is 368. The van der Waals surface area contributed by atoms with Gasteiger partial charge < -0.3 is 9.84 Å². The summed E-state index contributed by atoms with van der Waals surface area (Å²) in [6.45, 7) is 2.33. The van der Waals surface area contributed by atoms with E-state index in [-0.39, 0.29) is 0 Å². The highest BCUT2D eigenvalue weighted by Gasteiger charge is 2.21. The van der Waals surface area contributed by atoms with Crippen LogP contribution in [0.2, 0.25) is 5.02 Å². The first-order valence-corrected chi connectivity index (χ1v) is 7.99. The molecule has 0 spiro atoms. The van der Waals surface area contributed by atoms with Gasteiger partial charge in [-0.1, -0.05) is 11.6 Å². The van der Waals surface area contributed by atoms with Gasteiger partial charge in [0.05, 0.1) is 0 Å². The van der Waals surface area contributed by atoms with Gasteiger partial charge in [0.15, 0.2) is 0 Å². The second kappa shape index (κ2) is 8.12. The standard InChI is InChI=1S/C14H20ClNO2S/c15-12-1-3-13(4-2-12)19-10-7-16-14(17)11-5-8-18-9-6-11/h1-4,11,14,16-17H,5-10H2. The fourth-order valence-electron chi connectivity index (χ4n) is 2.10. The van der Waals surface area contributed by atoms with Crippen LogP contribution in [0.15, 0.2) is 29.2 Å². The van der Waals surface area contributed by atoms with Crippen LogP contribution in [0.5, 0.6) is 0 Å². The van der Waals surface area contributed by atoms with E-state index in [1.165, 1.54) is 4.90 Å². The monoisotopic (exact) mass is 301 g/mol. The number of ether oxygens (including phenoxy) is 1. The lowest BCUT2D eigenvalue weighted by Crippen LogP contribution is -2.39. The Morgan fingerprint density at radius 1 is 1.32 bits per heavy atom. The van der Waals surface area contributed by atoms with Crippen LogP contribution in [0, 0.1) is 5.92 Å². The molecular weight excluding hydrogens is 282 g/mol. The molecule has 1 atom stereocenters. The largest absolute Gasteiger partial charge is 0.381 e. The summed E-state index contributed by atoms with van der Waals surface area (Å²) in [7, 11) is 0. The molecule has 19 heavy (non-hydrogen) atoms. The van der Waals surface area contributed by atoms with Crippen LogP contribution in [-0.2, 0) is 4.74 Å². The first-order chi connectivity index (χ1) is 9.25. The molecule has 0 amide bonds. The van der Waals surface area contributed by atoms with Gasteiger partial charge in [0.2, 0.25) is 0 Å². The third-order valence-electron chi connectivity index (χ3n) is 3.25. The van der Waals surface area contributed by atoms with E-state index in [0.717, 1.165) is 43.4 Å². The third-order valence-corrected chi connectivity index (χ3v) is 4.52. The van der Waals surface area contributed by atoms with Gasteiger partial charge in [-0.3, -0.25) is 5.32 Å². The van der Waals surface area contributed by atoms with Crippen molar-refractivity contribution >= 4 is 23.4 Å². The molecule has 1 aromatic rings. The molecule has 1 aliphatic heterocycles. The van der Waals surface area contributed by atoms with Gasteiger partial charge in [0.1, 0.15) is 6.23 Å². The van der Waals surface area contributed by atoms with E-state index in [1.54, 1.807) is 11.8 Å². The highest BCUT2D eigenvalue weighted by atomic mass is 35.5. The maximum atomic E-state index is 10.0. The lowest BCUT2D eigenvalue weighted by atomic mass is 9.98. The number of thioether (sulfide) groups is 1. The fourth-order valence-corrected chi connectivity index (χ4v) is 3.01. The summed E-state index contributed by atoms with van der Waals surface area (Å²) < 4.78 is 5.29. The Morgan fingerprint density at radius 2 is 2.00 bits per heavy atom. The summed E-state index contributed by atoms with van der Waals surface area (Å²) >= 11 is 7.60. The predicted molar refractivity (Wildman–Crippen MR) is 79.7 cm³/mol. The minimum absolute atomic E-state index is 0.328. The van der Waals surface area contributed by atoms with Crippen molar-refractivity contribution in [3.8, 4) is 0 Å². The van der Waals surface area contributed by atoms with Crippen LogP contribution in [-0.4, -0.2) is 36.8 Å². The lowest BCUT2D eigenvalue weighted by molar-refractivity contribution is -0.00496. The minimum Gasteiger partial charge on any atom is -0.381 e. The van der Waals surface area contributed by atoms with Crippen molar-refractivity contribution in [3.63, 3.8) is 0 Å². The molecule has 3 nitrogen and oxygen atoms in total. The van der Waals surface area contributed by atoms with E-state index in [9.17, 15) is 5.11 Å². The van der Waals surface area contributed by atoms with E-state index in [2.05, 4.69) is 5.32 Å². The number of aliphatic hydroxyl groups is 1. The zero-order chi connectivity index (χ0) is 13.5. The lowest BCUT2D eigenvalue weighted by Gasteiger charge is -2.27. The molecule has 0 radical (unpaired) electrons. The summed E-state index contributed by atoms with van der Waals surface area (Å²) in [5.41, 5.74) is 0. The van der Waals surface area contributed by atoms with Crippen LogP contribution < -0.4 is 5.32 Å². The average Bonchev–Trinajstić information content (AvgIpc) is 2.46. The van der Waals surface area contributed by atoms with Gasteiger partial charge in [-0.25, -0.2) is 0 Å². The van der Waals surface area contributed by atoms with E-state index < -0.39 is 6.23 Å². The van der Waals surface area contributed by atoms with Crippen LogP contribution in [0.4, 0.5) is 0 Å². The topological polar surface area (TPSA) is 41.5 Å². The Balaban J connectivity index is 1.62. The van der Waals surface area contributed by atoms with Crippen molar-refractivity contribution in [2.75, 3.05) is 25.5 Å². The first-order valence-electron chi connectivity index (χ1n) is 6.63. The Hall–Kier alpha value is -0.260. The zero-order valence-corrected chi connectivity index (χ0v) is 12.4. The maximum Gasteiger partial charge on any atom is 0.107 e. The highest BCUT2D eigenvalue weighted by Crippen LogP contribution is 2.20. The van der Waals surface area contributed by atoms with E-state index in [0.29, 0.717) is 5.92 Å². The second-order valence-electron chi connectivity index (χ2n) is 4.65. The molecular formula is C14H20ClNO2S. The molecule has 106 valence electrons. The van der Waals surface area contributed by atoms with E-state index >= 15 is 0 Å². The van der Waals surface area contributed by atoms with E-state index in [4.69, 9.17) is 16.3 Å². The number of aliphatic hydroxyl groups excluding tert-OH is 1. The molecule has 2 rings (SSSR count). The van der Waals surface area contributed by atoms with Gasteiger partial charge in [-0.05, 0) is 37.1 Å². The number of rotatable bonds is 6. The molecule has 0 aliphatic carbocycles. The SMILES string of the molecule is OC(NCCSc1ccc(Cl)cc1)C1CCOCC1. The third kappa shape index (κ3) is 5.32. The number of halogens is 1. The normalized spacial score (nSPS) is 18.4. The first kappa shape index (κ1) is 15.1. The summed E-state index contributed by atoms with van der Waals surface area (Å²) in [6, 6.07) is 7.83. The van der Waals surface area contributed by atoms with Crippen molar-refractivity contribution in [3.05, 3.63) is 29.3 Å². The smallest absolute Gasteiger partial charge is 0.107 e. The number of nitrogens with one attached hydrogen (secondary N) is 1. The molecule has 0 saturated carbocycles. The molecule has 0 aromatic heterocycles. The maximum absolute atomic E-state index is 10.0. The molecule has 0 bridgehead atoms. The van der Waals surface area contributed by atoms with Gasteiger partial charge in [-0.2, -0.15) is 0 Å². The van der Waals surface area contributed by atoms with Gasteiger partial charge >= 0.3 is 0 Å². The fraction of sp³-hybridized carbons (Fsp3) is 0.571. The van der Waals surface area contributed by atoms with Gasteiger partial charge in [0.25, 0.3) is 0 Å². The van der Waals surface area contributed by atoms with Crippen LogP contribution in [0.1, 0.15) is 12.8 Å². The Labute approximate surface area is 123 Å². The van der Waals surface area contributed by atoms with Crippen LogP contribution in [0.3, 0.4) is 0 Å². The minimum atomic E-state index is -0.408. The predicted octanol–water partition coefficient (Wildman–Crippen LogP) is 2.77. The molecule has 1 saturated heterocycles. The van der Waals surface area contributed by atoms with Gasteiger partial charge in [0, 0.05) is 41.3 Å². The zero-order valence-electron chi connectivity index (χ0n) is 10.8. The summed E-state index contributed by atoms with van der Waals surface area (Å²) in [5, 5.41) is 14.0. The molecule has 1 aromatic carbocycles. The number of benzene rings is 1. The van der Waals surface area contributed by atoms with E-state index in [1.807, 2.05) is 24.3 Å². The number of hydrogen-bond donors (Lipinski definition) is 2. The summed E-state index contributed by atoms with van der Waals surface area (Å²) in [4.78, 5) is 1.20. The van der Waals surface area contributed by atoms with Crippen molar-refractivity contribution < 1.29 is 9.84 Å². The molecule has 1 aliphatic rings. The van der Waals surface area contributed by atoms with Crippen molar-refractivity contribution in [1.29, 1.82) is 0 Å². The second-order valence-corrected chi connectivity index (χ2v) is 6.26. The van der Waals surface area contributed by atoms with Crippen molar-refractivity contribution in [1.82, 2.24) is 5.32 Å². The van der Waals surface area contributed by atoms with Crippen molar-refractivity contribution in [2.45, 2.75) is 24.0 Å². The molecule has 1 heterocycles. The number of hydrogen-bond acceptors (Lipinski definition) is 4. The van der Waals surface area contributed by atoms with Gasteiger partial charge in [-0.15, -0.1) is 11.8 Å². The Morgan fingerprint density at radius 3 is 2.68 bits per heavy atom. The quantitative estimate of drug-likeness (QED) is 0.482. The van der Waals surface area contributed by atoms with Crippen LogP contribution in [0.25, 0.3) is 0 Å². The van der Waals surface area contributed by atoms with Crippen LogP contribution >= 0.6 is 23.4 Å². The molecule has 1 fully saturated rings. The average molecular weight is 302 g/mol. The molecule has 2 N–H and O–H groups in total. The molecule has 1 unspecified atom stereocenters. The highest BCUT2D eigenvalue weighted by molar-refractivity contribution is 7.99. The Kier molecular flexibility index (Phi) is 6.47. The molecule has 5 heteroatoms. The van der Waals surface area contributed by atoms with Crippen molar-refractivity contribution in [2.24, 2.45) is 5.92 Å². The summed E-state index contributed by atoms with van der Waals surface area (Å²) in [6.07, 6.45) is 1.48.